The van der Waals surface area contributed by atoms with Crippen LogP contribution in [0.5, 0.6) is 0 Å². The van der Waals surface area contributed by atoms with Crippen molar-refractivity contribution in [1.29, 1.82) is 0 Å². The molecule has 18 heavy (non-hydrogen) atoms. The first-order valence-electron chi connectivity index (χ1n) is 6.90. The molecule has 2 rings (SSSR count). The molecule has 1 N–H and O–H groups in total. The number of methoxy groups -OCH3 is 1. The molecule has 0 saturated heterocycles. The standard InChI is InChI=1S/C16H25NO/c1-16(2,8-9-18-3)12-17-11-14-10-13-6-4-5-7-15(13)14/h4-7,14,17H,8-12H2,1-3H3. The van der Waals surface area contributed by atoms with E-state index < -0.39 is 0 Å². The minimum absolute atomic E-state index is 0.319. The first kappa shape index (κ1) is 13.6. The number of fused-ring (bicyclic) bond motifs is 1. The van der Waals surface area contributed by atoms with Gasteiger partial charge in [-0.3, -0.25) is 0 Å². The van der Waals surface area contributed by atoms with Crippen molar-refractivity contribution < 1.29 is 4.74 Å². The van der Waals surface area contributed by atoms with Gasteiger partial charge in [-0.2, -0.15) is 0 Å². The van der Waals surface area contributed by atoms with Gasteiger partial charge in [0, 0.05) is 32.7 Å². The highest BCUT2D eigenvalue weighted by Gasteiger charge is 2.25. The van der Waals surface area contributed by atoms with Crippen LogP contribution in [0.4, 0.5) is 0 Å². The Bertz CT molecular complexity index is 386. The Balaban J connectivity index is 1.71. The summed E-state index contributed by atoms with van der Waals surface area (Å²) in [6, 6.07) is 8.79. The van der Waals surface area contributed by atoms with Crippen LogP contribution in [0.3, 0.4) is 0 Å². The van der Waals surface area contributed by atoms with Crippen LogP contribution in [-0.4, -0.2) is 26.8 Å². The third-order valence-corrected chi connectivity index (χ3v) is 3.94. The number of benzene rings is 1. The number of ether oxygens (including phenoxy) is 1. The Morgan fingerprint density at radius 3 is 2.83 bits per heavy atom. The second kappa shape index (κ2) is 5.85. The zero-order valence-corrected chi connectivity index (χ0v) is 11.8. The molecule has 0 saturated carbocycles. The van der Waals surface area contributed by atoms with Crippen molar-refractivity contribution in [2.45, 2.75) is 32.6 Å². The molecule has 0 amide bonds. The predicted octanol–water partition coefficient (Wildman–Crippen LogP) is 2.98. The molecule has 0 bridgehead atoms. The van der Waals surface area contributed by atoms with Crippen molar-refractivity contribution in [1.82, 2.24) is 5.32 Å². The van der Waals surface area contributed by atoms with Gasteiger partial charge in [-0.25, -0.2) is 0 Å². The van der Waals surface area contributed by atoms with Crippen LogP contribution in [0.15, 0.2) is 24.3 Å². The smallest absolute Gasteiger partial charge is 0.0467 e. The van der Waals surface area contributed by atoms with Gasteiger partial charge in [-0.15, -0.1) is 0 Å². The van der Waals surface area contributed by atoms with Crippen LogP contribution in [0.1, 0.15) is 37.3 Å². The fourth-order valence-electron chi connectivity index (χ4n) is 2.60. The second-order valence-corrected chi connectivity index (χ2v) is 6.14. The zero-order valence-electron chi connectivity index (χ0n) is 11.8. The van der Waals surface area contributed by atoms with Crippen LogP contribution < -0.4 is 5.32 Å². The topological polar surface area (TPSA) is 21.3 Å². The normalized spacial score (nSPS) is 18.3. The molecule has 1 aliphatic carbocycles. The van der Waals surface area contributed by atoms with Crippen LogP contribution in [-0.2, 0) is 11.2 Å². The van der Waals surface area contributed by atoms with Crippen molar-refractivity contribution in [2.75, 3.05) is 26.8 Å². The zero-order chi connectivity index (χ0) is 13.0. The Labute approximate surface area is 111 Å². The van der Waals surface area contributed by atoms with Crippen LogP contribution in [0.2, 0.25) is 0 Å². The maximum absolute atomic E-state index is 5.16. The van der Waals surface area contributed by atoms with Gasteiger partial charge in [0.25, 0.3) is 0 Å². The molecule has 100 valence electrons. The molecule has 0 spiro atoms. The molecular formula is C16H25NO. The van der Waals surface area contributed by atoms with E-state index in [9.17, 15) is 0 Å². The molecular weight excluding hydrogens is 222 g/mol. The van der Waals surface area contributed by atoms with Gasteiger partial charge >= 0.3 is 0 Å². The van der Waals surface area contributed by atoms with Gasteiger partial charge in [0.2, 0.25) is 0 Å². The van der Waals surface area contributed by atoms with Gasteiger partial charge in [-0.05, 0) is 29.4 Å². The monoisotopic (exact) mass is 247 g/mol. The number of hydrogen-bond donors (Lipinski definition) is 1. The molecule has 1 aromatic carbocycles. The third-order valence-electron chi connectivity index (χ3n) is 3.94. The first-order valence-corrected chi connectivity index (χ1v) is 6.90. The second-order valence-electron chi connectivity index (χ2n) is 6.14. The van der Waals surface area contributed by atoms with E-state index in [1.165, 1.54) is 12.0 Å². The van der Waals surface area contributed by atoms with Crippen molar-refractivity contribution in [3.63, 3.8) is 0 Å². The quantitative estimate of drug-likeness (QED) is 0.800. The lowest BCUT2D eigenvalue weighted by Gasteiger charge is -2.32. The van der Waals surface area contributed by atoms with E-state index in [-0.39, 0.29) is 0 Å². The molecule has 2 nitrogen and oxygen atoms in total. The van der Waals surface area contributed by atoms with E-state index in [1.807, 2.05) is 0 Å². The lowest BCUT2D eigenvalue weighted by molar-refractivity contribution is 0.150. The average molecular weight is 247 g/mol. The predicted molar refractivity (Wildman–Crippen MR) is 76.0 cm³/mol. The summed E-state index contributed by atoms with van der Waals surface area (Å²) in [6.07, 6.45) is 2.35. The summed E-state index contributed by atoms with van der Waals surface area (Å²) >= 11 is 0. The Kier molecular flexibility index (Phi) is 4.41. The van der Waals surface area contributed by atoms with Gasteiger partial charge in [0.05, 0.1) is 0 Å². The summed E-state index contributed by atoms with van der Waals surface area (Å²) in [5.41, 5.74) is 3.39. The van der Waals surface area contributed by atoms with Gasteiger partial charge < -0.3 is 10.1 Å². The molecule has 1 unspecified atom stereocenters. The van der Waals surface area contributed by atoms with Crippen molar-refractivity contribution in [3.8, 4) is 0 Å². The molecule has 2 heteroatoms. The van der Waals surface area contributed by atoms with E-state index in [0.717, 1.165) is 32.0 Å². The highest BCUT2D eigenvalue weighted by atomic mass is 16.5. The van der Waals surface area contributed by atoms with Crippen LogP contribution >= 0.6 is 0 Å². The van der Waals surface area contributed by atoms with Crippen LogP contribution in [0, 0.1) is 5.41 Å². The molecule has 0 fully saturated rings. The van der Waals surface area contributed by atoms with Gasteiger partial charge in [0.1, 0.15) is 0 Å². The molecule has 1 atom stereocenters. The van der Waals surface area contributed by atoms with E-state index in [0.29, 0.717) is 5.41 Å². The largest absolute Gasteiger partial charge is 0.385 e. The molecule has 1 aromatic rings. The average Bonchev–Trinajstić information content (AvgIpc) is 2.32. The van der Waals surface area contributed by atoms with Gasteiger partial charge in [-0.1, -0.05) is 38.1 Å². The highest BCUT2D eigenvalue weighted by Crippen LogP contribution is 2.34. The fourth-order valence-corrected chi connectivity index (χ4v) is 2.60. The minimum Gasteiger partial charge on any atom is -0.385 e. The number of nitrogens with one attached hydrogen (secondary N) is 1. The Morgan fingerprint density at radius 2 is 2.11 bits per heavy atom. The maximum Gasteiger partial charge on any atom is 0.0467 e. The fraction of sp³-hybridized carbons (Fsp3) is 0.625. The summed E-state index contributed by atoms with van der Waals surface area (Å²) < 4.78 is 5.16. The maximum atomic E-state index is 5.16. The van der Waals surface area contributed by atoms with Crippen molar-refractivity contribution >= 4 is 0 Å². The molecule has 1 aliphatic rings. The number of rotatable bonds is 7. The summed E-state index contributed by atoms with van der Waals surface area (Å²) in [4.78, 5) is 0. The molecule has 0 aromatic heterocycles. The molecule has 0 aliphatic heterocycles. The Hall–Kier alpha value is -0.860. The summed E-state index contributed by atoms with van der Waals surface area (Å²) in [7, 11) is 1.77. The highest BCUT2D eigenvalue weighted by molar-refractivity contribution is 5.40. The minimum atomic E-state index is 0.319. The molecule has 0 radical (unpaired) electrons. The van der Waals surface area contributed by atoms with E-state index in [2.05, 4.69) is 43.4 Å². The van der Waals surface area contributed by atoms with E-state index in [1.54, 1.807) is 12.7 Å². The summed E-state index contributed by atoms with van der Waals surface area (Å²) in [5, 5.41) is 3.62. The SMILES string of the molecule is COCCC(C)(C)CNCC1Cc2ccccc21. The Morgan fingerprint density at radius 1 is 1.33 bits per heavy atom. The van der Waals surface area contributed by atoms with Crippen molar-refractivity contribution in [2.24, 2.45) is 5.41 Å². The van der Waals surface area contributed by atoms with Crippen LogP contribution in [0.25, 0.3) is 0 Å². The summed E-state index contributed by atoms with van der Waals surface area (Å²) in [6.45, 7) is 7.62. The molecule has 0 heterocycles. The lowest BCUT2D eigenvalue weighted by Crippen LogP contribution is -2.35. The third kappa shape index (κ3) is 3.33. The first-order chi connectivity index (χ1) is 8.62. The van der Waals surface area contributed by atoms with E-state index in [4.69, 9.17) is 4.74 Å². The van der Waals surface area contributed by atoms with E-state index >= 15 is 0 Å². The number of hydrogen-bond acceptors (Lipinski definition) is 2. The summed E-state index contributed by atoms with van der Waals surface area (Å²) in [5.74, 6) is 0.722. The lowest BCUT2D eigenvalue weighted by atomic mass is 9.77. The van der Waals surface area contributed by atoms with Crippen molar-refractivity contribution in [3.05, 3.63) is 35.4 Å². The van der Waals surface area contributed by atoms with Gasteiger partial charge in [0.15, 0.2) is 0 Å².